The zero-order chi connectivity index (χ0) is 13.0. The number of Topliss-reactive ketones (excluding diaryl/α,β-unsaturated/α-hetero) is 1. The summed E-state index contributed by atoms with van der Waals surface area (Å²) in [7, 11) is 1.71. The van der Waals surface area contributed by atoms with Crippen LogP contribution >= 0.6 is 11.3 Å². The number of ether oxygens (including phenoxy) is 1. The summed E-state index contributed by atoms with van der Waals surface area (Å²) in [4.78, 5) is 15.3. The number of thiophene rings is 1. The van der Waals surface area contributed by atoms with Gasteiger partial charge in [-0.3, -0.25) is 9.69 Å². The molecule has 0 N–H and O–H groups in total. The normalized spacial score (nSPS) is 17.1. The van der Waals surface area contributed by atoms with Crippen LogP contribution < -0.4 is 0 Å². The van der Waals surface area contributed by atoms with Gasteiger partial charge in [-0.2, -0.15) is 0 Å². The molecule has 0 saturated heterocycles. The smallest absolute Gasteiger partial charge is 0.186 e. The molecule has 0 aromatic carbocycles. The van der Waals surface area contributed by atoms with E-state index in [0.717, 1.165) is 17.3 Å². The molecule has 1 aliphatic carbocycles. The summed E-state index contributed by atoms with van der Waals surface area (Å²) in [6.45, 7) is 4.27. The van der Waals surface area contributed by atoms with E-state index >= 15 is 0 Å². The van der Waals surface area contributed by atoms with Gasteiger partial charge in [-0.05, 0) is 37.1 Å². The molecule has 0 spiro atoms. The molecule has 1 aliphatic rings. The molecule has 0 bridgehead atoms. The minimum Gasteiger partial charge on any atom is -0.383 e. The van der Waals surface area contributed by atoms with Gasteiger partial charge in [0.15, 0.2) is 5.78 Å². The molecule has 4 heteroatoms. The topological polar surface area (TPSA) is 29.5 Å². The van der Waals surface area contributed by atoms with E-state index in [0.29, 0.717) is 19.2 Å². The first-order valence-corrected chi connectivity index (χ1v) is 7.40. The highest BCUT2D eigenvalue weighted by atomic mass is 32.1. The SMILES string of the molecule is COCCN(CC(=O)c1cccs1)C(C)C1CC1. The predicted octanol–water partition coefficient (Wildman–Crippen LogP) is 2.68. The zero-order valence-corrected chi connectivity index (χ0v) is 11.9. The van der Waals surface area contributed by atoms with Gasteiger partial charge in [0.05, 0.1) is 18.0 Å². The number of carbonyl (C=O) groups excluding carboxylic acids is 1. The van der Waals surface area contributed by atoms with Crippen LogP contribution in [0.2, 0.25) is 0 Å². The van der Waals surface area contributed by atoms with E-state index in [4.69, 9.17) is 4.74 Å². The molecule has 100 valence electrons. The van der Waals surface area contributed by atoms with Gasteiger partial charge in [0, 0.05) is 19.7 Å². The lowest BCUT2D eigenvalue weighted by molar-refractivity contribution is 0.0820. The molecule has 1 atom stereocenters. The lowest BCUT2D eigenvalue weighted by atomic mass is 10.1. The fourth-order valence-electron chi connectivity index (χ4n) is 2.21. The quantitative estimate of drug-likeness (QED) is 0.678. The number of nitrogens with zero attached hydrogens (tertiary/aromatic N) is 1. The molecule has 1 unspecified atom stereocenters. The second-order valence-corrected chi connectivity index (χ2v) is 5.89. The minimum atomic E-state index is 0.230. The van der Waals surface area contributed by atoms with Crippen molar-refractivity contribution in [2.75, 3.05) is 26.8 Å². The Hall–Kier alpha value is -0.710. The van der Waals surface area contributed by atoms with Crippen LogP contribution in [0.25, 0.3) is 0 Å². The maximum Gasteiger partial charge on any atom is 0.186 e. The molecule has 1 aromatic heterocycles. The van der Waals surface area contributed by atoms with Crippen LogP contribution in [0.4, 0.5) is 0 Å². The third kappa shape index (κ3) is 3.64. The van der Waals surface area contributed by atoms with Crippen molar-refractivity contribution in [2.45, 2.75) is 25.8 Å². The van der Waals surface area contributed by atoms with Gasteiger partial charge in [0.25, 0.3) is 0 Å². The highest BCUT2D eigenvalue weighted by Crippen LogP contribution is 2.35. The Balaban J connectivity index is 1.93. The number of rotatable bonds is 8. The Kier molecular flexibility index (Phi) is 4.92. The van der Waals surface area contributed by atoms with Crippen molar-refractivity contribution in [1.82, 2.24) is 4.90 Å². The lowest BCUT2D eigenvalue weighted by Crippen LogP contribution is -2.40. The van der Waals surface area contributed by atoms with E-state index < -0.39 is 0 Å². The van der Waals surface area contributed by atoms with Crippen LogP contribution in [-0.2, 0) is 4.74 Å². The van der Waals surface area contributed by atoms with Crippen LogP contribution in [-0.4, -0.2) is 43.5 Å². The van der Waals surface area contributed by atoms with E-state index in [9.17, 15) is 4.79 Å². The number of methoxy groups -OCH3 is 1. The molecule has 18 heavy (non-hydrogen) atoms. The second kappa shape index (κ2) is 6.45. The summed E-state index contributed by atoms with van der Waals surface area (Å²) in [5, 5.41) is 1.96. The third-order valence-corrected chi connectivity index (χ3v) is 4.52. The maximum atomic E-state index is 12.2. The molecule has 0 amide bonds. The summed E-state index contributed by atoms with van der Waals surface area (Å²) in [5.74, 6) is 1.01. The second-order valence-electron chi connectivity index (χ2n) is 4.94. The largest absolute Gasteiger partial charge is 0.383 e. The van der Waals surface area contributed by atoms with Crippen LogP contribution in [0, 0.1) is 5.92 Å². The van der Waals surface area contributed by atoms with E-state index in [-0.39, 0.29) is 5.78 Å². The van der Waals surface area contributed by atoms with Crippen LogP contribution in [0.1, 0.15) is 29.4 Å². The Labute approximate surface area is 113 Å². The minimum absolute atomic E-state index is 0.230. The first kappa shape index (κ1) is 13.7. The molecule has 1 aromatic rings. The number of carbonyl (C=O) groups is 1. The first-order chi connectivity index (χ1) is 8.72. The van der Waals surface area contributed by atoms with Crippen molar-refractivity contribution >= 4 is 17.1 Å². The Morgan fingerprint density at radius 1 is 1.61 bits per heavy atom. The summed E-state index contributed by atoms with van der Waals surface area (Å²) in [6, 6.07) is 4.33. The third-order valence-electron chi connectivity index (χ3n) is 3.61. The van der Waals surface area contributed by atoms with E-state index in [1.807, 2.05) is 17.5 Å². The zero-order valence-electron chi connectivity index (χ0n) is 11.1. The van der Waals surface area contributed by atoms with Gasteiger partial charge >= 0.3 is 0 Å². The van der Waals surface area contributed by atoms with Crippen molar-refractivity contribution in [3.8, 4) is 0 Å². The maximum absolute atomic E-state index is 12.2. The van der Waals surface area contributed by atoms with E-state index in [1.165, 1.54) is 24.2 Å². The van der Waals surface area contributed by atoms with Crippen LogP contribution in [0.5, 0.6) is 0 Å². The molecule has 1 heterocycles. The van der Waals surface area contributed by atoms with Crippen molar-refractivity contribution in [1.29, 1.82) is 0 Å². The standard InChI is InChI=1S/C14H21NO2S/c1-11(12-5-6-12)15(7-8-17-2)10-13(16)14-4-3-9-18-14/h3-4,9,11-12H,5-8,10H2,1-2H3. The lowest BCUT2D eigenvalue weighted by Gasteiger charge is -2.28. The van der Waals surface area contributed by atoms with Crippen molar-refractivity contribution < 1.29 is 9.53 Å². The van der Waals surface area contributed by atoms with Gasteiger partial charge in [-0.1, -0.05) is 6.07 Å². The summed E-state index contributed by atoms with van der Waals surface area (Å²) in [5.41, 5.74) is 0. The first-order valence-electron chi connectivity index (χ1n) is 6.52. The molecule has 0 aliphatic heterocycles. The summed E-state index contributed by atoms with van der Waals surface area (Å²) in [6.07, 6.45) is 2.61. The number of hydrogen-bond acceptors (Lipinski definition) is 4. The monoisotopic (exact) mass is 267 g/mol. The summed E-state index contributed by atoms with van der Waals surface area (Å²) < 4.78 is 5.14. The average Bonchev–Trinajstić information content (AvgIpc) is 3.08. The molecule has 3 nitrogen and oxygen atoms in total. The van der Waals surface area contributed by atoms with Gasteiger partial charge in [-0.25, -0.2) is 0 Å². The summed E-state index contributed by atoms with van der Waals surface area (Å²) >= 11 is 1.53. The molecule has 2 rings (SSSR count). The van der Waals surface area contributed by atoms with Crippen molar-refractivity contribution in [3.63, 3.8) is 0 Å². The van der Waals surface area contributed by atoms with Gasteiger partial charge in [-0.15, -0.1) is 11.3 Å². The molecule has 1 fully saturated rings. The molecular weight excluding hydrogens is 246 g/mol. The van der Waals surface area contributed by atoms with Crippen LogP contribution in [0.15, 0.2) is 17.5 Å². The van der Waals surface area contributed by atoms with Gasteiger partial charge in [0.2, 0.25) is 0 Å². The Morgan fingerprint density at radius 3 is 2.94 bits per heavy atom. The average molecular weight is 267 g/mol. The highest BCUT2D eigenvalue weighted by molar-refractivity contribution is 7.12. The van der Waals surface area contributed by atoms with Crippen molar-refractivity contribution in [2.24, 2.45) is 5.92 Å². The predicted molar refractivity (Wildman–Crippen MR) is 74.3 cm³/mol. The van der Waals surface area contributed by atoms with Crippen molar-refractivity contribution in [3.05, 3.63) is 22.4 Å². The van der Waals surface area contributed by atoms with Crippen LogP contribution in [0.3, 0.4) is 0 Å². The van der Waals surface area contributed by atoms with E-state index in [2.05, 4.69) is 11.8 Å². The fraction of sp³-hybridized carbons (Fsp3) is 0.643. The Morgan fingerprint density at radius 2 is 2.39 bits per heavy atom. The van der Waals surface area contributed by atoms with Gasteiger partial charge in [0.1, 0.15) is 0 Å². The fourth-order valence-corrected chi connectivity index (χ4v) is 2.87. The molecule has 0 radical (unpaired) electrons. The molecular formula is C14H21NO2S. The highest BCUT2D eigenvalue weighted by Gasteiger charge is 2.32. The van der Waals surface area contributed by atoms with Gasteiger partial charge < -0.3 is 4.74 Å². The Bertz CT molecular complexity index is 373. The molecule has 1 saturated carbocycles. The number of ketones is 1. The van der Waals surface area contributed by atoms with E-state index in [1.54, 1.807) is 7.11 Å². The number of hydrogen-bond donors (Lipinski definition) is 0.